The van der Waals surface area contributed by atoms with Gasteiger partial charge in [-0.1, -0.05) is 24.3 Å². The smallest absolute Gasteiger partial charge is 0.170 e. The molecule has 3 heterocycles. The average molecular weight is 318 g/mol. The van der Waals surface area contributed by atoms with Crippen LogP contribution in [0.2, 0.25) is 0 Å². The Morgan fingerprint density at radius 2 is 1.75 bits per heavy atom. The predicted octanol–water partition coefficient (Wildman–Crippen LogP) is 1.95. The molecule has 0 aliphatic carbocycles. The average Bonchev–Trinajstić information content (AvgIpc) is 3.07. The summed E-state index contributed by atoms with van der Waals surface area (Å²) in [6.45, 7) is -0.00285. The molecular weight excluding hydrogens is 304 g/mol. The van der Waals surface area contributed by atoms with Crippen LogP contribution in [0.15, 0.2) is 55.1 Å². The molecule has 0 atom stereocenters. The maximum Gasteiger partial charge on any atom is 0.170 e. The number of fused-ring (bicyclic) bond motifs is 1. The molecule has 0 aliphatic heterocycles. The van der Waals surface area contributed by atoms with Gasteiger partial charge in [-0.2, -0.15) is 0 Å². The number of nitrogen functional groups attached to an aromatic ring is 1. The van der Waals surface area contributed by atoms with Gasteiger partial charge in [0.1, 0.15) is 6.33 Å². The minimum Gasteiger partial charge on any atom is -0.392 e. The quantitative estimate of drug-likeness (QED) is 0.598. The number of pyridine rings is 1. The summed E-state index contributed by atoms with van der Waals surface area (Å²) in [4.78, 5) is 17.3. The van der Waals surface area contributed by atoms with Crippen molar-refractivity contribution in [2.24, 2.45) is 0 Å². The van der Waals surface area contributed by atoms with Gasteiger partial charge >= 0.3 is 0 Å². The van der Waals surface area contributed by atoms with Crippen LogP contribution in [0.5, 0.6) is 0 Å². The molecule has 0 saturated carbocycles. The van der Waals surface area contributed by atoms with Crippen LogP contribution >= 0.6 is 0 Å². The van der Waals surface area contributed by atoms with Crippen molar-refractivity contribution in [2.45, 2.75) is 6.61 Å². The molecule has 1 aromatic carbocycles. The first-order valence-electron chi connectivity index (χ1n) is 7.37. The highest BCUT2D eigenvalue weighted by molar-refractivity contribution is 5.85. The standard InChI is InChI=1S/C17H14N6O/c18-15-14-17(23(10-20-14)13-5-7-19-8-6-13)22-16(21-15)12-3-1-11(9-24)2-4-12/h1-8,10,24H,9H2,(H2,18,21,22). The van der Waals surface area contributed by atoms with Crippen molar-refractivity contribution >= 4 is 17.0 Å². The van der Waals surface area contributed by atoms with Gasteiger partial charge in [-0.05, 0) is 17.7 Å². The molecule has 0 fully saturated rings. The molecule has 0 spiro atoms. The van der Waals surface area contributed by atoms with E-state index in [4.69, 9.17) is 10.8 Å². The Morgan fingerprint density at radius 1 is 1.00 bits per heavy atom. The molecule has 7 nitrogen and oxygen atoms in total. The van der Waals surface area contributed by atoms with E-state index < -0.39 is 0 Å². The van der Waals surface area contributed by atoms with E-state index in [2.05, 4.69) is 19.9 Å². The summed E-state index contributed by atoms with van der Waals surface area (Å²) < 4.78 is 1.85. The number of hydrogen-bond acceptors (Lipinski definition) is 6. The van der Waals surface area contributed by atoms with Gasteiger partial charge in [0.15, 0.2) is 22.8 Å². The number of anilines is 1. The third kappa shape index (κ3) is 2.37. The van der Waals surface area contributed by atoms with Crippen molar-refractivity contribution < 1.29 is 5.11 Å². The summed E-state index contributed by atoms with van der Waals surface area (Å²) in [7, 11) is 0. The minimum atomic E-state index is -0.00285. The molecule has 118 valence electrons. The molecule has 24 heavy (non-hydrogen) atoms. The van der Waals surface area contributed by atoms with Crippen molar-refractivity contribution in [1.29, 1.82) is 0 Å². The fraction of sp³-hybridized carbons (Fsp3) is 0.0588. The molecular formula is C17H14N6O. The van der Waals surface area contributed by atoms with Gasteiger partial charge < -0.3 is 10.8 Å². The van der Waals surface area contributed by atoms with Gasteiger partial charge in [-0.25, -0.2) is 15.0 Å². The lowest BCUT2D eigenvalue weighted by molar-refractivity contribution is 0.282. The van der Waals surface area contributed by atoms with Gasteiger partial charge in [-0.15, -0.1) is 0 Å². The van der Waals surface area contributed by atoms with E-state index in [-0.39, 0.29) is 6.61 Å². The highest BCUT2D eigenvalue weighted by Crippen LogP contribution is 2.24. The minimum absolute atomic E-state index is 0.00285. The van der Waals surface area contributed by atoms with Crippen molar-refractivity contribution in [3.8, 4) is 17.1 Å². The molecule has 0 saturated heterocycles. The van der Waals surface area contributed by atoms with Gasteiger partial charge in [-0.3, -0.25) is 9.55 Å². The zero-order chi connectivity index (χ0) is 16.5. The maximum absolute atomic E-state index is 9.15. The first-order valence-corrected chi connectivity index (χ1v) is 7.37. The number of nitrogens with two attached hydrogens (primary N) is 1. The highest BCUT2D eigenvalue weighted by Gasteiger charge is 2.13. The molecule has 0 unspecified atom stereocenters. The fourth-order valence-electron chi connectivity index (χ4n) is 2.50. The van der Waals surface area contributed by atoms with Crippen LogP contribution in [0.3, 0.4) is 0 Å². The second-order valence-corrected chi connectivity index (χ2v) is 5.28. The number of nitrogens with zero attached hydrogens (tertiary/aromatic N) is 5. The second kappa shape index (κ2) is 5.71. The Labute approximate surface area is 137 Å². The summed E-state index contributed by atoms with van der Waals surface area (Å²) in [5.41, 5.74) is 9.80. The molecule has 0 bridgehead atoms. The summed E-state index contributed by atoms with van der Waals surface area (Å²) in [5, 5.41) is 9.15. The highest BCUT2D eigenvalue weighted by atomic mass is 16.3. The van der Waals surface area contributed by atoms with Crippen molar-refractivity contribution in [3.05, 3.63) is 60.7 Å². The van der Waals surface area contributed by atoms with E-state index >= 15 is 0 Å². The lowest BCUT2D eigenvalue weighted by Crippen LogP contribution is -2.00. The topological polar surface area (TPSA) is 103 Å². The Bertz CT molecular complexity index is 995. The van der Waals surface area contributed by atoms with Crippen LogP contribution < -0.4 is 5.73 Å². The van der Waals surface area contributed by atoms with Gasteiger partial charge in [0, 0.05) is 18.0 Å². The Morgan fingerprint density at radius 3 is 2.46 bits per heavy atom. The third-order valence-electron chi connectivity index (χ3n) is 3.76. The summed E-state index contributed by atoms with van der Waals surface area (Å²) in [6.07, 6.45) is 5.09. The third-order valence-corrected chi connectivity index (χ3v) is 3.76. The molecule has 7 heteroatoms. The largest absolute Gasteiger partial charge is 0.392 e. The lowest BCUT2D eigenvalue weighted by Gasteiger charge is -2.06. The molecule has 3 aromatic heterocycles. The number of imidazole rings is 1. The number of aliphatic hydroxyl groups excluding tert-OH is 1. The molecule has 0 amide bonds. The number of benzene rings is 1. The Hall–Kier alpha value is -3.32. The first-order chi connectivity index (χ1) is 11.8. The fourth-order valence-corrected chi connectivity index (χ4v) is 2.50. The zero-order valence-electron chi connectivity index (χ0n) is 12.7. The zero-order valence-corrected chi connectivity index (χ0v) is 12.7. The van der Waals surface area contributed by atoms with Gasteiger partial charge in [0.2, 0.25) is 0 Å². The SMILES string of the molecule is Nc1nc(-c2ccc(CO)cc2)nc2c1ncn2-c1ccncc1. The van der Waals surface area contributed by atoms with Crippen molar-refractivity contribution in [2.75, 3.05) is 5.73 Å². The van der Waals surface area contributed by atoms with Gasteiger partial charge in [0.05, 0.1) is 12.3 Å². The van der Waals surface area contributed by atoms with E-state index in [1.807, 2.05) is 41.0 Å². The molecule has 0 radical (unpaired) electrons. The number of aromatic nitrogens is 5. The van der Waals surface area contributed by atoms with Crippen molar-refractivity contribution in [1.82, 2.24) is 24.5 Å². The number of rotatable bonds is 3. The number of aliphatic hydroxyl groups is 1. The van der Waals surface area contributed by atoms with E-state index in [0.717, 1.165) is 16.8 Å². The maximum atomic E-state index is 9.15. The lowest BCUT2D eigenvalue weighted by atomic mass is 10.1. The number of hydrogen-bond donors (Lipinski definition) is 2. The summed E-state index contributed by atoms with van der Waals surface area (Å²) in [5.74, 6) is 0.842. The summed E-state index contributed by atoms with van der Waals surface area (Å²) >= 11 is 0. The monoisotopic (exact) mass is 318 g/mol. The van der Waals surface area contributed by atoms with E-state index in [9.17, 15) is 0 Å². The predicted molar refractivity (Wildman–Crippen MR) is 90.2 cm³/mol. The van der Waals surface area contributed by atoms with Crippen LogP contribution in [-0.2, 0) is 6.61 Å². The normalized spacial score (nSPS) is 11.0. The molecule has 4 rings (SSSR count). The van der Waals surface area contributed by atoms with Crippen LogP contribution in [0, 0.1) is 0 Å². The van der Waals surface area contributed by atoms with Crippen LogP contribution in [0.25, 0.3) is 28.2 Å². The Balaban J connectivity index is 1.89. The molecule has 3 N–H and O–H groups in total. The van der Waals surface area contributed by atoms with Crippen LogP contribution in [0.4, 0.5) is 5.82 Å². The van der Waals surface area contributed by atoms with E-state index in [0.29, 0.717) is 22.8 Å². The van der Waals surface area contributed by atoms with Crippen LogP contribution in [-0.4, -0.2) is 29.6 Å². The van der Waals surface area contributed by atoms with Gasteiger partial charge in [0.25, 0.3) is 0 Å². The Kier molecular flexibility index (Phi) is 3.40. The van der Waals surface area contributed by atoms with E-state index in [1.54, 1.807) is 18.7 Å². The van der Waals surface area contributed by atoms with E-state index in [1.165, 1.54) is 0 Å². The second-order valence-electron chi connectivity index (χ2n) is 5.28. The first kappa shape index (κ1) is 14.3. The summed E-state index contributed by atoms with van der Waals surface area (Å²) in [6, 6.07) is 11.1. The molecule has 4 aromatic rings. The van der Waals surface area contributed by atoms with Crippen molar-refractivity contribution in [3.63, 3.8) is 0 Å². The van der Waals surface area contributed by atoms with Crippen LogP contribution in [0.1, 0.15) is 5.56 Å². The molecule has 0 aliphatic rings.